The van der Waals surface area contributed by atoms with E-state index in [1.165, 1.54) is 16.3 Å². The van der Waals surface area contributed by atoms with Crippen LogP contribution in [0.15, 0.2) is 29.2 Å². The summed E-state index contributed by atoms with van der Waals surface area (Å²) in [4.78, 5) is 5.31. The average Bonchev–Trinajstić information content (AvgIpc) is 2.78. The minimum absolute atomic E-state index is 0.133. The number of aromatic nitrogens is 3. The molecule has 0 aliphatic rings. The van der Waals surface area contributed by atoms with E-state index in [0.717, 1.165) is 27.4 Å². The molecule has 0 aliphatic heterocycles. The fraction of sp³-hybridized carbons (Fsp3) is 0.200. The number of benzene rings is 1. The fourth-order valence-electron chi connectivity index (χ4n) is 2.35. The highest BCUT2D eigenvalue weighted by molar-refractivity contribution is 7.98. The summed E-state index contributed by atoms with van der Waals surface area (Å²) < 4.78 is 1.50. The van der Waals surface area contributed by atoms with E-state index in [1.54, 1.807) is 0 Å². The Morgan fingerprint density at radius 1 is 1.19 bits per heavy atom. The Kier molecular flexibility index (Phi) is 3.55. The van der Waals surface area contributed by atoms with Crippen LogP contribution < -0.4 is 0 Å². The molecule has 0 atom stereocenters. The number of fused-ring (bicyclic) bond motifs is 1. The van der Waals surface area contributed by atoms with E-state index in [9.17, 15) is 5.11 Å². The molecule has 0 spiro atoms. The van der Waals surface area contributed by atoms with Gasteiger partial charge in [0.2, 0.25) is 5.88 Å². The lowest BCUT2D eigenvalue weighted by Crippen LogP contribution is -1.97. The molecule has 0 saturated carbocycles. The van der Waals surface area contributed by atoms with Gasteiger partial charge >= 0.3 is 0 Å². The first kappa shape index (κ1) is 14.2. The minimum Gasteiger partial charge on any atom is -0.492 e. The molecule has 0 radical (unpaired) electrons. The van der Waals surface area contributed by atoms with Crippen LogP contribution in [0.4, 0.5) is 0 Å². The molecule has 0 unspecified atom stereocenters. The number of aryl methyl sites for hydroxylation is 2. The quantitative estimate of drug-likeness (QED) is 0.723. The standard InChI is InChI=1S/C15H14ClN3OS/c1-8-12(10-4-6-11(16)7-5-10)18-19-14(8)17-9(2)13(21-3)15(19)20/h4-7,20H,1-3H3. The first-order chi connectivity index (χ1) is 10.0. The van der Waals surface area contributed by atoms with E-state index >= 15 is 0 Å². The predicted octanol–water partition coefficient (Wildman–Crippen LogP) is 4.09. The van der Waals surface area contributed by atoms with Crippen LogP contribution in [-0.4, -0.2) is 26.0 Å². The summed E-state index contributed by atoms with van der Waals surface area (Å²) in [7, 11) is 0. The molecule has 0 saturated heterocycles. The van der Waals surface area contributed by atoms with Crippen LogP contribution in [0.5, 0.6) is 5.88 Å². The second-order valence-electron chi connectivity index (χ2n) is 4.77. The largest absolute Gasteiger partial charge is 0.492 e. The maximum Gasteiger partial charge on any atom is 0.229 e. The van der Waals surface area contributed by atoms with E-state index in [4.69, 9.17) is 11.6 Å². The summed E-state index contributed by atoms with van der Waals surface area (Å²) in [5.41, 5.74) is 4.16. The Hall–Kier alpha value is -1.72. The second kappa shape index (κ2) is 5.24. The smallest absolute Gasteiger partial charge is 0.229 e. The van der Waals surface area contributed by atoms with Gasteiger partial charge in [-0.25, -0.2) is 4.98 Å². The fourth-order valence-corrected chi connectivity index (χ4v) is 3.09. The summed E-state index contributed by atoms with van der Waals surface area (Å²) in [6.07, 6.45) is 1.91. The summed E-state index contributed by atoms with van der Waals surface area (Å²) in [6, 6.07) is 7.48. The van der Waals surface area contributed by atoms with Crippen molar-refractivity contribution in [2.24, 2.45) is 0 Å². The van der Waals surface area contributed by atoms with Crippen molar-refractivity contribution in [2.45, 2.75) is 18.7 Å². The number of hydrogen-bond donors (Lipinski definition) is 1. The molecule has 2 heterocycles. The molecule has 6 heteroatoms. The van der Waals surface area contributed by atoms with Crippen LogP contribution in [-0.2, 0) is 0 Å². The van der Waals surface area contributed by atoms with Crippen LogP contribution in [0.25, 0.3) is 16.9 Å². The molecule has 3 aromatic rings. The highest BCUT2D eigenvalue weighted by Crippen LogP contribution is 2.33. The zero-order valence-corrected chi connectivity index (χ0v) is 13.5. The van der Waals surface area contributed by atoms with E-state index in [1.807, 2.05) is 44.4 Å². The summed E-state index contributed by atoms with van der Waals surface area (Å²) >= 11 is 7.38. The molecular formula is C15H14ClN3OS. The highest BCUT2D eigenvalue weighted by atomic mass is 35.5. The zero-order valence-electron chi connectivity index (χ0n) is 11.9. The van der Waals surface area contributed by atoms with Crippen molar-refractivity contribution in [3.8, 4) is 17.1 Å². The number of aromatic hydroxyl groups is 1. The SMILES string of the molecule is CSc1c(C)nc2c(C)c(-c3ccc(Cl)cc3)nn2c1O. The Bertz CT molecular complexity index is 827. The molecule has 1 aromatic carbocycles. The molecule has 0 amide bonds. The third-order valence-electron chi connectivity index (χ3n) is 3.42. The summed E-state index contributed by atoms with van der Waals surface area (Å²) in [5.74, 6) is 0.133. The van der Waals surface area contributed by atoms with E-state index in [2.05, 4.69) is 10.1 Å². The molecule has 2 aromatic heterocycles. The molecule has 0 fully saturated rings. The minimum atomic E-state index is 0.133. The van der Waals surface area contributed by atoms with Crippen LogP contribution in [0, 0.1) is 13.8 Å². The van der Waals surface area contributed by atoms with Gasteiger partial charge in [0.05, 0.1) is 16.3 Å². The maximum atomic E-state index is 10.4. The van der Waals surface area contributed by atoms with Gasteiger partial charge in [-0.05, 0) is 32.2 Å². The number of halogens is 1. The molecule has 3 rings (SSSR count). The van der Waals surface area contributed by atoms with Gasteiger partial charge in [-0.1, -0.05) is 23.7 Å². The third kappa shape index (κ3) is 2.26. The zero-order chi connectivity index (χ0) is 15.1. The van der Waals surface area contributed by atoms with Crippen LogP contribution in [0.1, 0.15) is 11.3 Å². The number of rotatable bonds is 2. The molecule has 0 aliphatic carbocycles. The molecule has 4 nitrogen and oxygen atoms in total. The average molecular weight is 320 g/mol. The Balaban J connectivity index is 2.29. The highest BCUT2D eigenvalue weighted by Gasteiger charge is 2.18. The second-order valence-corrected chi connectivity index (χ2v) is 6.02. The number of thioether (sulfide) groups is 1. The van der Waals surface area contributed by atoms with Gasteiger partial charge in [0.25, 0.3) is 0 Å². The first-order valence-corrected chi connectivity index (χ1v) is 8.02. The van der Waals surface area contributed by atoms with Gasteiger partial charge < -0.3 is 5.11 Å². The van der Waals surface area contributed by atoms with E-state index in [-0.39, 0.29) is 5.88 Å². The van der Waals surface area contributed by atoms with Crippen molar-refractivity contribution in [3.63, 3.8) is 0 Å². The third-order valence-corrected chi connectivity index (χ3v) is 4.56. The maximum absolute atomic E-state index is 10.4. The Labute approximate surface area is 131 Å². The van der Waals surface area contributed by atoms with Crippen LogP contribution in [0.3, 0.4) is 0 Å². The summed E-state index contributed by atoms with van der Waals surface area (Å²) in [6.45, 7) is 3.84. The van der Waals surface area contributed by atoms with Gasteiger partial charge in [-0.15, -0.1) is 11.8 Å². The number of hydrogen-bond acceptors (Lipinski definition) is 4. The Morgan fingerprint density at radius 2 is 1.86 bits per heavy atom. The molecular weight excluding hydrogens is 306 g/mol. The van der Waals surface area contributed by atoms with Gasteiger partial charge in [-0.3, -0.25) is 0 Å². The van der Waals surface area contributed by atoms with E-state index in [0.29, 0.717) is 10.7 Å². The first-order valence-electron chi connectivity index (χ1n) is 6.41. The van der Waals surface area contributed by atoms with Gasteiger partial charge in [-0.2, -0.15) is 9.61 Å². The van der Waals surface area contributed by atoms with Gasteiger partial charge in [0.1, 0.15) is 0 Å². The van der Waals surface area contributed by atoms with Crippen molar-refractivity contribution in [2.75, 3.05) is 6.26 Å². The lowest BCUT2D eigenvalue weighted by atomic mass is 10.1. The van der Waals surface area contributed by atoms with Gasteiger partial charge in [0, 0.05) is 16.1 Å². The van der Waals surface area contributed by atoms with E-state index < -0.39 is 0 Å². The van der Waals surface area contributed by atoms with Crippen molar-refractivity contribution in [1.82, 2.24) is 14.6 Å². The topological polar surface area (TPSA) is 50.4 Å². The normalized spacial score (nSPS) is 11.2. The lowest BCUT2D eigenvalue weighted by Gasteiger charge is -2.06. The Morgan fingerprint density at radius 3 is 2.48 bits per heavy atom. The predicted molar refractivity (Wildman–Crippen MR) is 86.4 cm³/mol. The molecule has 108 valence electrons. The molecule has 1 N–H and O–H groups in total. The molecule has 21 heavy (non-hydrogen) atoms. The van der Waals surface area contributed by atoms with Crippen molar-refractivity contribution in [1.29, 1.82) is 0 Å². The summed E-state index contributed by atoms with van der Waals surface area (Å²) in [5, 5.41) is 15.6. The monoisotopic (exact) mass is 319 g/mol. The lowest BCUT2D eigenvalue weighted by molar-refractivity contribution is 0.420. The van der Waals surface area contributed by atoms with Crippen molar-refractivity contribution < 1.29 is 5.11 Å². The van der Waals surface area contributed by atoms with Gasteiger partial charge in [0.15, 0.2) is 5.65 Å². The molecule has 0 bridgehead atoms. The van der Waals surface area contributed by atoms with Crippen LogP contribution >= 0.6 is 23.4 Å². The van der Waals surface area contributed by atoms with Crippen molar-refractivity contribution in [3.05, 3.63) is 40.5 Å². The number of nitrogens with zero attached hydrogens (tertiary/aromatic N) is 3. The van der Waals surface area contributed by atoms with Crippen LogP contribution in [0.2, 0.25) is 5.02 Å². The van der Waals surface area contributed by atoms with Crippen molar-refractivity contribution >= 4 is 29.0 Å².